The molecule has 5 aromatic rings. The molecule has 1 unspecified atom stereocenters. The van der Waals surface area contributed by atoms with Gasteiger partial charge in [-0.25, -0.2) is 4.98 Å². The van der Waals surface area contributed by atoms with Crippen molar-refractivity contribution in [1.82, 2.24) is 40.4 Å². The van der Waals surface area contributed by atoms with E-state index in [0.29, 0.717) is 47.9 Å². The molecule has 3 aromatic heterocycles. The van der Waals surface area contributed by atoms with Gasteiger partial charge < -0.3 is 39.9 Å². The van der Waals surface area contributed by atoms with Crippen molar-refractivity contribution >= 4 is 34.7 Å². The lowest BCUT2D eigenvalue weighted by Crippen LogP contribution is -2.58. The lowest BCUT2D eigenvalue weighted by atomic mass is 9.91. The second kappa shape index (κ2) is 20.1. The van der Waals surface area contributed by atoms with E-state index >= 15 is 0 Å². The van der Waals surface area contributed by atoms with E-state index < -0.39 is 18.1 Å². The molecule has 4 aliphatic rings. The third-order valence-electron chi connectivity index (χ3n) is 13.9. The van der Waals surface area contributed by atoms with Crippen molar-refractivity contribution in [2.75, 3.05) is 75.7 Å². The molecule has 0 spiro atoms. The normalized spacial score (nSPS) is 21.3. The van der Waals surface area contributed by atoms with E-state index in [0.717, 1.165) is 98.4 Å². The van der Waals surface area contributed by atoms with E-state index in [9.17, 15) is 19.8 Å². The molecule has 7 heterocycles. The number of aromatic hydroxyl groups is 1. The largest absolute Gasteiger partial charge is 0.507 e. The number of amides is 2. The summed E-state index contributed by atoms with van der Waals surface area (Å²) < 4.78 is 11.8. The number of nitrogens with zero attached hydrogens (tertiary/aromatic N) is 8. The molecule has 5 atom stereocenters. The van der Waals surface area contributed by atoms with Crippen LogP contribution in [0.4, 0.5) is 11.5 Å². The number of piperidine rings is 1. The summed E-state index contributed by atoms with van der Waals surface area (Å²) in [7, 11) is 0. The summed E-state index contributed by atoms with van der Waals surface area (Å²) >= 11 is 1.60. The Labute approximate surface area is 390 Å². The first kappa shape index (κ1) is 45.5. The number of benzene rings is 2. The van der Waals surface area contributed by atoms with Gasteiger partial charge in [0.1, 0.15) is 18.3 Å². The number of aliphatic hydroxyl groups excluding tert-OH is 1. The molecule has 4 N–H and O–H groups in total. The average Bonchev–Trinajstić information content (AvgIpc) is 4.06. The molecule has 0 saturated carbocycles. The van der Waals surface area contributed by atoms with Gasteiger partial charge in [0.15, 0.2) is 11.6 Å². The number of para-hydroxylation sites is 1. The van der Waals surface area contributed by atoms with Crippen LogP contribution in [0.25, 0.3) is 21.7 Å². The fourth-order valence-electron chi connectivity index (χ4n) is 10.2. The van der Waals surface area contributed by atoms with Gasteiger partial charge in [-0.2, -0.15) is 0 Å². The molecule has 3 fully saturated rings. The highest BCUT2D eigenvalue weighted by atomic mass is 32.1. The Hall–Kier alpha value is -5.62. The van der Waals surface area contributed by atoms with Crippen LogP contribution in [0.3, 0.4) is 0 Å². The third-order valence-corrected chi connectivity index (χ3v) is 14.8. The number of anilines is 2. The Kier molecular flexibility index (Phi) is 13.9. The van der Waals surface area contributed by atoms with Crippen molar-refractivity contribution in [3.8, 4) is 33.3 Å². The van der Waals surface area contributed by atoms with Crippen LogP contribution >= 0.6 is 11.3 Å². The van der Waals surface area contributed by atoms with Crippen LogP contribution in [0.2, 0.25) is 0 Å². The minimum absolute atomic E-state index is 0.0868. The Morgan fingerprint density at radius 1 is 1.00 bits per heavy atom. The minimum atomic E-state index is -0.717. The highest BCUT2D eigenvalue weighted by molar-refractivity contribution is 7.13. The van der Waals surface area contributed by atoms with Crippen LogP contribution in [-0.4, -0.2) is 141 Å². The van der Waals surface area contributed by atoms with E-state index in [4.69, 9.17) is 9.26 Å². The number of fused-ring (bicyclic) bond motifs is 3. The first-order valence-electron chi connectivity index (χ1n) is 23.5. The van der Waals surface area contributed by atoms with Crippen LogP contribution < -0.4 is 20.3 Å². The maximum atomic E-state index is 14.2. The van der Waals surface area contributed by atoms with Crippen LogP contribution in [-0.2, 0) is 9.59 Å². The number of thiazole rings is 1. The second-order valence-electron chi connectivity index (χ2n) is 18.8. The van der Waals surface area contributed by atoms with Gasteiger partial charge in [-0.3, -0.25) is 19.4 Å². The molecule has 350 valence electrons. The molecule has 17 heteroatoms. The van der Waals surface area contributed by atoms with Gasteiger partial charge >= 0.3 is 0 Å². The Morgan fingerprint density at radius 2 is 1.80 bits per heavy atom. The molecular weight excluding hydrogens is 857 g/mol. The van der Waals surface area contributed by atoms with E-state index in [1.807, 2.05) is 81.7 Å². The number of hydrogen-bond donors (Lipinski definition) is 4. The summed E-state index contributed by atoms with van der Waals surface area (Å²) in [6.45, 7) is 16.1. The summed E-state index contributed by atoms with van der Waals surface area (Å²) in [6.07, 6.45) is 1.96. The number of piperazine rings is 1. The van der Waals surface area contributed by atoms with Crippen LogP contribution in [0.1, 0.15) is 75.4 Å². The quantitative estimate of drug-likeness (QED) is 0.0967. The topological polar surface area (TPSA) is 186 Å². The number of phenolic OH excluding ortho intramolecular Hbond substituents is 1. The molecule has 3 saturated heterocycles. The Morgan fingerprint density at radius 3 is 2.56 bits per heavy atom. The summed E-state index contributed by atoms with van der Waals surface area (Å²) in [5, 5.41) is 40.8. The lowest BCUT2D eigenvalue weighted by Gasteiger charge is -2.47. The maximum Gasteiger partial charge on any atom is 0.254 e. The fraction of sp³-hybridized carbons (Fsp3) is 0.510. The summed E-state index contributed by atoms with van der Waals surface area (Å²) in [6, 6.07) is 18.8. The zero-order valence-corrected chi connectivity index (χ0v) is 39.1. The van der Waals surface area contributed by atoms with Gasteiger partial charge in [0.05, 0.1) is 45.7 Å². The number of ether oxygens (including phenoxy) is 1. The van der Waals surface area contributed by atoms with Crippen molar-refractivity contribution in [3.05, 3.63) is 83.2 Å². The van der Waals surface area contributed by atoms with Crippen LogP contribution in [0, 0.1) is 18.8 Å². The Balaban J connectivity index is 0.714. The number of rotatable bonds is 15. The third kappa shape index (κ3) is 10.2. The average molecular weight is 919 g/mol. The van der Waals surface area contributed by atoms with Gasteiger partial charge in [0, 0.05) is 69.9 Å². The van der Waals surface area contributed by atoms with Gasteiger partial charge in [0.2, 0.25) is 11.8 Å². The Bertz CT molecular complexity index is 2450. The molecule has 16 nitrogen and oxygen atoms in total. The second-order valence-corrected chi connectivity index (χ2v) is 19.7. The molecular formula is C49H62N10O6S. The van der Waals surface area contributed by atoms with Crippen molar-refractivity contribution < 1.29 is 29.1 Å². The zero-order chi connectivity index (χ0) is 45.9. The predicted octanol–water partition coefficient (Wildman–Crippen LogP) is 5.95. The molecule has 2 amide bonds. The smallest absolute Gasteiger partial charge is 0.254 e. The number of carbonyl (C=O) groups is 2. The first-order chi connectivity index (χ1) is 32.0. The molecule has 0 bridgehead atoms. The highest BCUT2D eigenvalue weighted by Crippen LogP contribution is 2.37. The lowest BCUT2D eigenvalue weighted by molar-refractivity contribution is -0.136. The van der Waals surface area contributed by atoms with Gasteiger partial charge in [-0.05, 0) is 92.5 Å². The van der Waals surface area contributed by atoms with Crippen LogP contribution in [0.5, 0.6) is 11.6 Å². The molecule has 4 aliphatic heterocycles. The van der Waals surface area contributed by atoms with E-state index in [-0.39, 0.29) is 42.5 Å². The number of aryl methyl sites for hydroxylation is 1. The first-order valence-corrected chi connectivity index (χ1v) is 24.3. The maximum absolute atomic E-state index is 14.2. The van der Waals surface area contributed by atoms with E-state index in [2.05, 4.69) is 45.7 Å². The summed E-state index contributed by atoms with van der Waals surface area (Å²) in [4.78, 5) is 42.2. The van der Waals surface area contributed by atoms with Gasteiger partial charge in [-0.1, -0.05) is 50.2 Å². The van der Waals surface area contributed by atoms with E-state index in [1.54, 1.807) is 28.4 Å². The highest BCUT2D eigenvalue weighted by Gasteiger charge is 2.41. The summed E-state index contributed by atoms with van der Waals surface area (Å²) in [5.41, 5.74) is 7.31. The van der Waals surface area contributed by atoms with Crippen molar-refractivity contribution in [3.63, 3.8) is 0 Å². The molecule has 2 aromatic carbocycles. The number of aliphatic hydroxyl groups is 1. The minimum Gasteiger partial charge on any atom is -0.507 e. The van der Waals surface area contributed by atoms with Gasteiger partial charge in [-0.15, -0.1) is 21.5 Å². The molecule has 0 radical (unpaired) electrons. The SMILES string of the molecule is Cc1ncsc1-c1ccc([C@H](C)NC(=O)C[C@@H]2C[C@@H](O)CN2C(=O)[C@@H](c2cc(OCCN3CCC(CN4CCN5c6cc(-c7ccccc7O)nnc6NCC5C4)CC3)no2)C(C)C)cc1. The monoisotopic (exact) mass is 918 g/mol. The predicted molar refractivity (Wildman–Crippen MR) is 254 cm³/mol. The number of aromatic nitrogens is 4. The molecule has 66 heavy (non-hydrogen) atoms. The van der Waals surface area contributed by atoms with Crippen molar-refractivity contribution in [1.29, 1.82) is 0 Å². The van der Waals surface area contributed by atoms with Crippen molar-refractivity contribution in [2.45, 2.75) is 83.5 Å². The van der Waals surface area contributed by atoms with Crippen LogP contribution in [0.15, 0.2) is 70.7 Å². The molecule has 9 rings (SSSR count). The number of hydrogen-bond acceptors (Lipinski definition) is 15. The number of β-amino-alcohol motifs (C(OH)–C–C–N with tert-alkyl or cyclic N) is 1. The number of carbonyl (C=O) groups excluding carboxylic acids is 2. The number of nitrogens with one attached hydrogen (secondary N) is 2. The fourth-order valence-corrected chi connectivity index (χ4v) is 11.0. The van der Waals surface area contributed by atoms with E-state index in [1.165, 1.54) is 0 Å². The zero-order valence-electron chi connectivity index (χ0n) is 38.3. The van der Waals surface area contributed by atoms with Crippen molar-refractivity contribution in [2.24, 2.45) is 11.8 Å². The number of likely N-dealkylation sites (tertiary alicyclic amines) is 2. The standard InChI is InChI=1S/C49H62N10O6S/c1-30(2)46(49(63)59-28-38(60)21-36(59)22-44(62)52-31(3)34-9-11-35(12-10-34)47-32(4)51-29-66-47)43-24-45(55-65-43)64-20-19-56-15-13-33(14-16-56)26-57-17-18-58-37(27-57)25-50-48-41(58)23-40(53-54-48)39-7-5-6-8-42(39)61/h5-12,23-24,29-31,33,36-38,46,60-61H,13-22,25-28H2,1-4H3,(H,50,54)(H,52,62)/t31-,36-,37?,38+,46+/m0/s1. The summed E-state index contributed by atoms with van der Waals surface area (Å²) in [5.74, 6) is 1.27. The number of phenols is 1. The molecule has 0 aliphatic carbocycles. The van der Waals surface area contributed by atoms with Gasteiger partial charge in [0.25, 0.3) is 5.88 Å².